The normalized spacial score (nSPS) is 36.0. The van der Waals surface area contributed by atoms with Gasteiger partial charge in [-0.15, -0.1) is 0 Å². The molecule has 126 valence electrons. The van der Waals surface area contributed by atoms with Crippen molar-refractivity contribution in [2.75, 3.05) is 0 Å². The minimum Gasteiger partial charge on any atom is -0.198 e. The average Bonchev–Trinajstić information content (AvgIpc) is 2.56. The van der Waals surface area contributed by atoms with E-state index in [2.05, 4.69) is 19.9 Å². The van der Waals surface area contributed by atoms with Gasteiger partial charge in [-0.25, -0.2) is 0 Å². The Kier molecular flexibility index (Phi) is 7.26. The number of hydrogen-bond donors (Lipinski definition) is 0. The maximum Gasteiger partial charge on any atom is 0.0686 e. The summed E-state index contributed by atoms with van der Waals surface area (Å²) in [6, 6.07) is 2.55. The van der Waals surface area contributed by atoms with Crippen molar-refractivity contribution < 1.29 is 0 Å². The molecule has 0 radical (unpaired) electrons. The van der Waals surface area contributed by atoms with Crippen molar-refractivity contribution in [2.24, 2.45) is 23.2 Å². The van der Waals surface area contributed by atoms with Gasteiger partial charge in [0.2, 0.25) is 0 Å². The molecule has 2 fully saturated rings. The van der Waals surface area contributed by atoms with Crippen LogP contribution in [0.25, 0.3) is 0 Å². The zero-order valence-electron chi connectivity index (χ0n) is 15.1. The van der Waals surface area contributed by atoms with Gasteiger partial charge >= 0.3 is 0 Å². The Morgan fingerprint density at radius 3 is 2.05 bits per heavy atom. The van der Waals surface area contributed by atoms with Gasteiger partial charge in [0.05, 0.1) is 11.5 Å². The summed E-state index contributed by atoms with van der Waals surface area (Å²) in [7, 11) is 0. The highest BCUT2D eigenvalue weighted by atomic mass is 14.4. The summed E-state index contributed by atoms with van der Waals surface area (Å²) in [5.74, 6) is 2.96. The van der Waals surface area contributed by atoms with Crippen molar-refractivity contribution >= 4 is 0 Å². The molecule has 0 bridgehead atoms. The van der Waals surface area contributed by atoms with E-state index < -0.39 is 0 Å². The number of hydrogen-bond acceptors (Lipinski definition) is 1. The molecule has 0 aromatic heterocycles. The van der Waals surface area contributed by atoms with Crippen LogP contribution < -0.4 is 0 Å². The summed E-state index contributed by atoms with van der Waals surface area (Å²) >= 11 is 0. The molecule has 0 spiro atoms. The minimum atomic E-state index is -0.00775. The Labute approximate surface area is 138 Å². The molecule has 22 heavy (non-hydrogen) atoms. The topological polar surface area (TPSA) is 23.8 Å². The summed E-state index contributed by atoms with van der Waals surface area (Å²) in [5, 5.41) is 9.27. The lowest BCUT2D eigenvalue weighted by atomic mass is 9.65. The predicted octanol–water partition coefficient (Wildman–Crippen LogP) is 6.87. The van der Waals surface area contributed by atoms with E-state index >= 15 is 0 Å². The second-order valence-corrected chi connectivity index (χ2v) is 8.49. The monoisotopic (exact) mass is 303 g/mol. The van der Waals surface area contributed by atoms with E-state index in [0.29, 0.717) is 0 Å². The summed E-state index contributed by atoms with van der Waals surface area (Å²) in [6.07, 6.45) is 19.5. The van der Waals surface area contributed by atoms with Crippen molar-refractivity contribution in [3.05, 3.63) is 0 Å². The van der Waals surface area contributed by atoms with E-state index in [1.54, 1.807) is 0 Å². The van der Waals surface area contributed by atoms with E-state index in [1.165, 1.54) is 77.0 Å². The molecule has 2 rings (SSSR count). The van der Waals surface area contributed by atoms with E-state index in [-0.39, 0.29) is 5.41 Å². The quantitative estimate of drug-likeness (QED) is 0.470. The third-order valence-corrected chi connectivity index (χ3v) is 6.68. The van der Waals surface area contributed by atoms with Gasteiger partial charge in [0.25, 0.3) is 0 Å². The van der Waals surface area contributed by atoms with Gasteiger partial charge in [-0.1, -0.05) is 58.3 Å². The number of nitriles is 1. The molecule has 2 aliphatic rings. The van der Waals surface area contributed by atoms with Crippen LogP contribution >= 0.6 is 0 Å². The highest BCUT2D eigenvalue weighted by Crippen LogP contribution is 2.45. The highest BCUT2D eigenvalue weighted by Gasteiger charge is 2.35. The summed E-state index contributed by atoms with van der Waals surface area (Å²) in [4.78, 5) is 0. The average molecular weight is 304 g/mol. The van der Waals surface area contributed by atoms with Crippen molar-refractivity contribution in [1.29, 1.82) is 5.26 Å². The van der Waals surface area contributed by atoms with Crippen LogP contribution in [0.3, 0.4) is 0 Å². The number of nitrogens with zero attached hydrogens (tertiary/aromatic N) is 1. The molecule has 2 saturated carbocycles. The van der Waals surface area contributed by atoms with Crippen LogP contribution in [0.15, 0.2) is 0 Å². The molecule has 0 atom stereocenters. The Hall–Kier alpha value is -0.510. The van der Waals surface area contributed by atoms with E-state index in [0.717, 1.165) is 30.6 Å². The number of rotatable bonds is 7. The summed E-state index contributed by atoms with van der Waals surface area (Å²) < 4.78 is 0. The summed E-state index contributed by atoms with van der Waals surface area (Å²) in [6.45, 7) is 4.46. The molecule has 0 unspecified atom stereocenters. The maximum absolute atomic E-state index is 9.27. The fourth-order valence-electron chi connectivity index (χ4n) is 4.85. The van der Waals surface area contributed by atoms with E-state index in [1.807, 2.05) is 0 Å². The Morgan fingerprint density at radius 2 is 1.45 bits per heavy atom. The molecule has 0 N–H and O–H groups in total. The molecule has 1 heteroatoms. The van der Waals surface area contributed by atoms with Crippen LogP contribution in [0.2, 0.25) is 0 Å². The van der Waals surface area contributed by atoms with Gasteiger partial charge in [-0.3, -0.25) is 0 Å². The predicted molar refractivity (Wildman–Crippen MR) is 94.5 cm³/mol. The van der Waals surface area contributed by atoms with Gasteiger partial charge in [0, 0.05) is 0 Å². The molecule has 1 nitrogen and oxygen atoms in total. The first-order valence-corrected chi connectivity index (χ1v) is 10.1. The lowest BCUT2D eigenvalue weighted by Gasteiger charge is -2.39. The molecule has 0 aromatic rings. The van der Waals surface area contributed by atoms with Crippen LogP contribution in [0.1, 0.15) is 104 Å². The lowest BCUT2D eigenvalue weighted by Crippen LogP contribution is -2.29. The van der Waals surface area contributed by atoms with Crippen LogP contribution in [0, 0.1) is 34.5 Å². The molecular formula is C21H37N. The van der Waals surface area contributed by atoms with E-state index in [9.17, 15) is 5.26 Å². The van der Waals surface area contributed by atoms with Crippen molar-refractivity contribution in [3.63, 3.8) is 0 Å². The zero-order chi connectivity index (χ0) is 15.8. The van der Waals surface area contributed by atoms with Crippen molar-refractivity contribution in [1.82, 2.24) is 0 Å². The fraction of sp³-hybridized carbons (Fsp3) is 0.952. The van der Waals surface area contributed by atoms with Gasteiger partial charge in [0.15, 0.2) is 0 Å². The lowest BCUT2D eigenvalue weighted by molar-refractivity contribution is 0.127. The SMILES string of the molecule is CCCCCCCC1CCC(C2CCC(C)(C#N)CC2)CC1. The smallest absolute Gasteiger partial charge is 0.0686 e. The molecule has 0 heterocycles. The van der Waals surface area contributed by atoms with Crippen molar-refractivity contribution in [3.8, 4) is 6.07 Å². The minimum absolute atomic E-state index is 0.00775. The van der Waals surface area contributed by atoms with Crippen LogP contribution in [0.5, 0.6) is 0 Å². The molecular weight excluding hydrogens is 266 g/mol. The van der Waals surface area contributed by atoms with Gasteiger partial charge in [-0.05, 0) is 63.2 Å². The molecule has 0 amide bonds. The second-order valence-electron chi connectivity index (χ2n) is 8.49. The zero-order valence-corrected chi connectivity index (χ0v) is 15.1. The molecule has 0 aromatic carbocycles. The first-order valence-electron chi connectivity index (χ1n) is 10.1. The van der Waals surface area contributed by atoms with Crippen molar-refractivity contribution in [2.45, 2.75) is 104 Å². The highest BCUT2D eigenvalue weighted by molar-refractivity contribution is 4.99. The largest absolute Gasteiger partial charge is 0.198 e. The summed E-state index contributed by atoms with van der Waals surface area (Å²) in [5.41, 5.74) is -0.00775. The first-order chi connectivity index (χ1) is 10.7. The fourth-order valence-corrected chi connectivity index (χ4v) is 4.85. The van der Waals surface area contributed by atoms with Gasteiger partial charge in [0.1, 0.15) is 0 Å². The van der Waals surface area contributed by atoms with Gasteiger partial charge in [-0.2, -0.15) is 5.26 Å². The Bertz CT molecular complexity index is 337. The van der Waals surface area contributed by atoms with Gasteiger partial charge < -0.3 is 0 Å². The van der Waals surface area contributed by atoms with Crippen LogP contribution in [-0.2, 0) is 0 Å². The molecule has 2 aliphatic carbocycles. The molecule has 0 saturated heterocycles. The third kappa shape index (κ3) is 5.29. The Balaban J connectivity index is 1.60. The first kappa shape index (κ1) is 17.8. The van der Waals surface area contributed by atoms with Crippen LogP contribution in [0.4, 0.5) is 0 Å². The standard InChI is InChI=1S/C21H37N/c1-3-4-5-6-7-8-18-9-11-19(12-10-18)20-13-15-21(2,17-22)16-14-20/h18-20H,3-16H2,1-2H3. The van der Waals surface area contributed by atoms with Crippen LogP contribution in [-0.4, -0.2) is 0 Å². The number of unbranched alkanes of at least 4 members (excludes halogenated alkanes) is 4. The Morgan fingerprint density at radius 1 is 0.864 bits per heavy atom. The maximum atomic E-state index is 9.27. The second kappa shape index (κ2) is 8.95. The third-order valence-electron chi connectivity index (χ3n) is 6.68. The molecule has 0 aliphatic heterocycles. The van der Waals surface area contributed by atoms with E-state index in [4.69, 9.17) is 0 Å².